The van der Waals surface area contributed by atoms with Gasteiger partial charge in [-0.2, -0.15) is 5.26 Å². The molecule has 30 heavy (non-hydrogen) atoms. The van der Waals surface area contributed by atoms with Gasteiger partial charge in [0.05, 0.1) is 5.57 Å². The van der Waals surface area contributed by atoms with Gasteiger partial charge in [-0.15, -0.1) is 0 Å². The Hall–Kier alpha value is -3.00. The number of pyridine rings is 1. The van der Waals surface area contributed by atoms with Crippen LogP contribution in [0.1, 0.15) is 22.4 Å². The standard InChI is InChI=1S/C24H21Cl2N3O/c1-16-20(13-21-22(25)5-4-6-23(21)26)24(30)11-12-29(16)19-9-7-17(8-10-19)18(14-27)15-28(2)3/h4-12,15H,13H2,1-3H3. The van der Waals surface area contributed by atoms with E-state index in [-0.39, 0.29) is 5.43 Å². The monoisotopic (exact) mass is 437 g/mol. The van der Waals surface area contributed by atoms with Crippen LogP contribution in [0, 0.1) is 18.3 Å². The number of aromatic nitrogens is 1. The third-order valence-corrected chi connectivity index (χ3v) is 5.56. The third kappa shape index (κ3) is 4.59. The highest BCUT2D eigenvalue weighted by Crippen LogP contribution is 2.27. The molecule has 6 heteroatoms. The maximum absolute atomic E-state index is 12.6. The van der Waals surface area contributed by atoms with Crippen molar-refractivity contribution in [3.63, 3.8) is 0 Å². The summed E-state index contributed by atoms with van der Waals surface area (Å²) in [6.45, 7) is 1.90. The first-order valence-corrected chi connectivity index (χ1v) is 10.1. The summed E-state index contributed by atoms with van der Waals surface area (Å²) < 4.78 is 1.95. The Bertz CT molecular complexity index is 1180. The molecular formula is C24H21Cl2N3O. The molecule has 152 valence electrons. The van der Waals surface area contributed by atoms with Crippen molar-refractivity contribution in [3.8, 4) is 11.8 Å². The van der Waals surface area contributed by atoms with Crippen LogP contribution in [0.4, 0.5) is 0 Å². The number of halogens is 2. The van der Waals surface area contributed by atoms with Gasteiger partial charge in [0, 0.05) is 66.0 Å². The summed E-state index contributed by atoms with van der Waals surface area (Å²) in [5, 5.41) is 10.5. The van der Waals surface area contributed by atoms with E-state index >= 15 is 0 Å². The third-order valence-electron chi connectivity index (χ3n) is 4.85. The van der Waals surface area contributed by atoms with Gasteiger partial charge in [0.1, 0.15) is 6.07 Å². The molecule has 0 saturated carbocycles. The molecule has 0 aliphatic rings. The van der Waals surface area contributed by atoms with Crippen molar-refractivity contribution in [2.45, 2.75) is 13.3 Å². The van der Waals surface area contributed by atoms with E-state index in [1.54, 1.807) is 36.7 Å². The second-order valence-corrected chi connectivity index (χ2v) is 7.97. The van der Waals surface area contributed by atoms with Crippen LogP contribution in [0.25, 0.3) is 11.3 Å². The normalized spacial score (nSPS) is 11.3. The number of hydrogen-bond donors (Lipinski definition) is 0. The number of hydrogen-bond acceptors (Lipinski definition) is 3. The summed E-state index contributed by atoms with van der Waals surface area (Å²) in [4.78, 5) is 14.4. The van der Waals surface area contributed by atoms with Crippen molar-refractivity contribution in [1.29, 1.82) is 5.26 Å². The summed E-state index contributed by atoms with van der Waals surface area (Å²) in [7, 11) is 3.75. The Morgan fingerprint density at radius 2 is 1.70 bits per heavy atom. The Morgan fingerprint density at radius 3 is 2.27 bits per heavy atom. The number of rotatable bonds is 5. The lowest BCUT2D eigenvalue weighted by Gasteiger charge is -2.16. The lowest BCUT2D eigenvalue weighted by atomic mass is 10.0. The van der Waals surface area contributed by atoms with Crippen LogP contribution in [0.3, 0.4) is 0 Å². The fourth-order valence-corrected chi connectivity index (χ4v) is 3.81. The molecule has 0 aliphatic carbocycles. The van der Waals surface area contributed by atoms with Crippen molar-refractivity contribution in [1.82, 2.24) is 9.47 Å². The van der Waals surface area contributed by atoms with E-state index in [4.69, 9.17) is 23.2 Å². The van der Waals surface area contributed by atoms with Crippen molar-refractivity contribution in [3.05, 3.63) is 104 Å². The molecule has 0 saturated heterocycles. The summed E-state index contributed by atoms with van der Waals surface area (Å²) in [5.74, 6) is 0. The van der Waals surface area contributed by atoms with Crippen LogP contribution in [0.5, 0.6) is 0 Å². The minimum absolute atomic E-state index is 0.0583. The van der Waals surface area contributed by atoms with Gasteiger partial charge in [0.2, 0.25) is 0 Å². The molecule has 0 bridgehead atoms. The zero-order chi connectivity index (χ0) is 21.8. The molecule has 0 spiro atoms. The van der Waals surface area contributed by atoms with Crippen LogP contribution in [-0.2, 0) is 6.42 Å². The fraction of sp³-hybridized carbons (Fsp3) is 0.167. The van der Waals surface area contributed by atoms with Crippen molar-refractivity contribution in [2.75, 3.05) is 14.1 Å². The Labute approximate surface area is 186 Å². The molecule has 4 nitrogen and oxygen atoms in total. The van der Waals surface area contributed by atoms with Crippen LogP contribution in [0.2, 0.25) is 10.0 Å². The van der Waals surface area contributed by atoms with Crippen LogP contribution >= 0.6 is 23.2 Å². The fourth-order valence-electron chi connectivity index (χ4n) is 3.28. The second kappa shape index (κ2) is 9.21. The number of nitrogens with zero attached hydrogens (tertiary/aromatic N) is 3. The van der Waals surface area contributed by atoms with E-state index in [0.29, 0.717) is 27.6 Å². The highest BCUT2D eigenvalue weighted by atomic mass is 35.5. The van der Waals surface area contributed by atoms with E-state index in [2.05, 4.69) is 6.07 Å². The molecule has 0 unspecified atom stereocenters. The molecule has 0 fully saturated rings. The maximum atomic E-state index is 12.6. The average Bonchev–Trinajstić information content (AvgIpc) is 2.71. The first kappa shape index (κ1) is 21.7. The van der Waals surface area contributed by atoms with E-state index < -0.39 is 0 Å². The Kier molecular flexibility index (Phi) is 6.66. The largest absolute Gasteiger partial charge is 0.382 e. The minimum Gasteiger partial charge on any atom is -0.382 e. The van der Waals surface area contributed by atoms with E-state index in [9.17, 15) is 10.1 Å². The zero-order valence-corrected chi connectivity index (χ0v) is 18.5. The number of benzene rings is 2. The Morgan fingerprint density at radius 1 is 1.07 bits per heavy atom. The average molecular weight is 438 g/mol. The van der Waals surface area contributed by atoms with Crippen molar-refractivity contribution in [2.24, 2.45) is 0 Å². The van der Waals surface area contributed by atoms with Gasteiger partial charge >= 0.3 is 0 Å². The second-order valence-electron chi connectivity index (χ2n) is 7.16. The zero-order valence-electron chi connectivity index (χ0n) is 17.0. The Balaban J connectivity index is 2.02. The molecule has 1 aromatic heterocycles. The van der Waals surface area contributed by atoms with Crippen LogP contribution < -0.4 is 5.43 Å². The lowest BCUT2D eigenvalue weighted by molar-refractivity contribution is 0.566. The molecule has 0 aliphatic heterocycles. The van der Waals surface area contributed by atoms with Gasteiger partial charge in [0.15, 0.2) is 5.43 Å². The van der Waals surface area contributed by atoms with Gasteiger partial charge in [-0.3, -0.25) is 4.79 Å². The molecule has 0 N–H and O–H groups in total. The predicted octanol–water partition coefficient (Wildman–Crippen LogP) is 5.47. The number of allylic oxidation sites excluding steroid dienone is 1. The van der Waals surface area contributed by atoms with Gasteiger partial charge in [-0.05, 0) is 42.3 Å². The quantitative estimate of drug-likeness (QED) is 0.497. The minimum atomic E-state index is -0.0583. The van der Waals surface area contributed by atoms with Gasteiger partial charge in [0.25, 0.3) is 0 Å². The highest BCUT2D eigenvalue weighted by Gasteiger charge is 2.14. The van der Waals surface area contributed by atoms with Crippen LogP contribution in [-0.4, -0.2) is 23.6 Å². The van der Waals surface area contributed by atoms with Gasteiger partial charge in [-0.1, -0.05) is 41.4 Å². The van der Waals surface area contributed by atoms with Gasteiger partial charge < -0.3 is 9.47 Å². The molecule has 0 amide bonds. The molecule has 1 heterocycles. The van der Waals surface area contributed by atoms with E-state index in [1.165, 1.54) is 0 Å². The van der Waals surface area contributed by atoms with E-state index in [1.807, 2.05) is 54.8 Å². The SMILES string of the molecule is Cc1c(Cc2c(Cl)cccc2Cl)c(=O)ccn1-c1ccc(C(C#N)=CN(C)C)cc1. The summed E-state index contributed by atoms with van der Waals surface area (Å²) in [6.07, 6.45) is 3.89. The molecule has 0 atom stereocenters. The van der Waals surface area contributed by atoms with Crippen LogP contribution in [0.15, 0.2) is 65.7 Å². The highest BCUT2D eigenvalue weighted by molar-refractivity contribution is 6.36. The molecular weight excluding hydrogens is 417 g/mol. The molecule has 2 aromatic carbocycles. The lowest BCUT2D eigenvalue weighted by Crippen LogP contribution is -2.16. The van der Waals surface area contributed by atoms with Gasteiger partial charge in [-0.25, -0.2) is 0 Å². The summed E-state index contributed by atoms with van der Waals surface area (Å²) >= 11 is 12.6. The molecule has 3 rings (SSSR count). The first-order chi connectivity index (χ1) is 14.3. The smallest absolute Gasteiger partial charge is 0.185 e. The molecule has 0 radical (unpaired) electrons. The first-order valence-electron chi connectivity index (χ1n) is 9.35. The topological polar surface area (TPSA) is 49.0 Å². The van der Waals surface area contributed by atoms with Crippen molar-refractivity contribution >= 4 is 28.8 Å². The number of nitriles is 1. The van der Waals surface area contributed by atoms with E-state index in [0.717, 1.165) is 22.5 Å². The maximum Gasteiger partial charge on any atom is 0.185 e. The predicted molar refractivity (Wildman–Crippen MR) is 123 cm³/mol. The molecule has 3 aromatic rings. The summed E-state index contributed by atoms with van der Waals surface area (Å²) in [6, 6.07) is 16.8. The summed E-state index contributed by atoms with van der Waals surface area (Å²) in [5.41, 5.74) is 4.44. The van der Waals surface area contributed by atoms with Crippen molar-refractivity contribution < 1.29 is 0 Å².